The van der Waals surface area contributed by atoms with Crippen LogP contribution in [0, 0.1) is 17.8 Å². The number of carbonyl (C=O) groups excluding carboxylic acids is 4. The lowest BCUT2D eigenvalue weighted by Gasteiger charge is -2.31. The third-order valence-corrected chi connectivity index (χ3v) is 13.6. The molecule has 0 spiro atoms. The minimum absolute atomic E-state index is 0.0730. The van der Waals surface area contributed by atoms with Crippen LogP contribution in [-0.4, -0.2) is 100 Å². The summed E-state index contributed by atoms with van der Waals surface area (Å²) in [4.78, 5) is 74.1. The van der Waals surface area contributed by atoms with Crippen LogP contribution < -0.4 is 10.6 Å². The number of benzene rings is 5. The van der Waals surface area contributed by atoms with E-state index in [1.165, 1.54) is 14.2 Å². The van der Waals surface area contributed by atoms with Crippen LogP contribution in [0.2, 0.25) is 0 Å². The normalized spacial score (nSPS) is 21.2. The smallest absolute Gasteiger partial charge is 0.407 e. The molecule has 5 aromatic carbocycles. The lowest BCUT2D eigenvalue weighted by molar-refractivity contribution is -0.137. The Morgan fingerprint density at radius 2 is 1.31 bits per heavy atom. The maximum atomic E-state index is 14.4. The van der Waals surface area contributed by atoms with Crippen LogP contribution in [0.25, 0.3) is 54.7 Å². The van der Waals surface area contributed by atoms with Crippen molar-refractivity contribution in [1.29, 1.82) is 0 Å². The molecule has 4 N–H and O–H groups in total. The zero-order chi connectivity index (χ0) is 45.1. The number of hydrogen-bond acceptors (Lipinski definition) is 9. The standard InChI is InChI=1S/C50H52N8O7/c1-26(2)41(55-49(61)64-4)48(60)58-38-22-33(38)23-40(58)46-52-37-18-14-32-21-30(12-16-35(32)44(37)54-46)29-11-15-34-31(20-29)13-17-36-43(34)53-45(51-36)39-19-27(25-63-3)24-57(39)47(59)42(56-50(62)65-5)28-9-7-6-8-10-28/h6-18,20-21,26-27,33,38-42H,19,22-25H2,1-5H3,(H,51,53)(H,52,54)(H,55,61)(H,56,62)/t27-,33?,38+,39-,40-,41-,42+/m0/s1. The summed E-state index contributed by atoms with van der Waals surface area (Å²) in [6, 6.07) is 28.2. The summed E-state index contributed by atoms with van der Waals surface area (Å²) in [5, 5.41) is 9.58. The van der Waals surface area contributed by atoms with Gasteiger partial charge in [0, 0.05) is 36.4 Å². The fraction of sp³-hybridized carbons (Fsp3) is 0.360. The summed E-state index contributed by atoms with van der Waals surface area (Å²) >= 11 is 0. The zero-order valence-electron chi connectivity index (χ0n) is 37.0. The zero-order valence-corrected chi connectivity index (χ0v) is 37.0. The number of rotatable bonds is 11. The second-order valence-corrected chi connectivity index (χ2v) is 18.0. The minimum Gasteiger partial charge on any atom is -0.453 e. The highest BCUT2D eigenvalue weighted by Crippen LogP contribution is 2.53. The molecule has 1 aliphatic carbocycles. The van der Waals surface area contributed by atoms with Gasteiger partial charge in [-0.05, 0) is 82.8 Å². The Morgan fingerprint density at radius 3 is 1.89 bits per heavy atom. The number of ether oxygens (including phenoxy) is 3. The number of likely N-dealkylation sites (tertiary alicyclic amines) is 2. The summed E-state index contributed by atoms with van der Waals surface area (Å²) in [5.74, 6) is 1.46. The summed E-state index contributed by atoms with van der Waals surface area (Å²) in [7, 11) is 4.25. The Labute approximate surface area is 375 Å². The average Bonchev–Trinajstić information content (AvgIpc) is 3.75. The molecule has 0 radical (unpaired) electrons. The van der Waals surface area contributed by atoms with Crippen molar-refractivity contribution in [2.24, 2.45) is 17.8 Å². The van der Waals surface area contributed by atoms with E-state index in [1.807, 2.05) is 55.1 Å². The number of methoxy groups -OCH3 is 3. The van der Waals surface area contributed by atoms with E-state index in [2.05, 4.69) is 75.2 Å². The first-order valence-electron chi connectivity index (χ1n) is 22.2. The predicted molar refractivity (Wildman–Crippen MR) is 246 cm³/mol. The number of amides is 4. The first-order valence-corrected chi connectivity index (χ1v) is 22.2. The Bertz CT molecular complexity index is 2980. The largest absolute Gasteiger partial charge is 0.453 e. The molecule has 15 nitrogen and oxygen atoms in total. The first-order chi connectivity index (χ1) is 31.5. The van der Waals surface area contributed by atoms with E-state index in [0.717, 1.165) is 73.4 Å². The second kappa shape index (κ2) is 16.8. The number of nitrogens with zero attached hydrogens (tertiary/aromatic N) is 4. The first kappa shape index (κ1) is 42.0. The number of aromatic nitrogens is 4. The third-order valence-electron chi connectivity index (χ3n) is 13.6. The fourth-order valence-corrected chi connectivity index (χ4v) is 10.3. The number of nitrogens with one attached hydrogen (secondary N) is 4. The van der Waals surface area contributed by atoms with Gasteiger partial charge in [-0.1, -0.05) is 80.6 Å². The number of imidazole rings is 2. The average molecular weight is 877 g/mol. The van der Waals surface area contributed by atoms with Crippen molar-refractivity contribution < 1.29 is 33.4 Å². The molecule has 7 atom stereocenters. The molecule has 1 unspecified atom stereocenters. The van der Waals surface area contributed by atoms with Crippen molar-refractivity contribution in [2.45, 2.75) is 63.3 Å². The highest BCUT2D eigenvalue weighted by atomic mass is 16.5. The van der Waals surface area contributed by atoms with Gasteiger partial charge < -0.3 is 44.6 Å². The molecular weight excluding hydrogens is 825 g/mol. The lowest BCUT2D eigenvalue weighted by atomic mass is 9.98. The predicted octanol–water partition coefficient (Wildman–Crippen LogP) is 8.09. The molecule has 1 saturated carbocycles. The molecule has 65 heavy (non-hydrogen) atoms. The van der Waals surface area contributed by atoms with Gasteiger partial charge in [0.15, 0.2) is 0 Å². The van der Waals surface area contributed by atoms with Crippen LogP contribution in [0.4, 0.5) is 9.59 Å². The van der Waals surface area contributed by atoms with Crippen LogP contribution >= 0.6 is 0 Å². The molecule has 4 amide bonds. The summed E-state index contributed by atoms with van der Waals surface area (Å²) in [6.45, 7) is 4.78. The van der Waals surface area contributed by atoms with Gasteiger partial charge in [0.1, 0.15) is 23.7 Å². The molecule has 10 rings (SSSR count). The van der Waals surface area contributed by atoms with Crippen molar-refractivity contribution in [3.8, 4) is 11.1 Å². The maximum absolute atomic E-state index is 14.4. The number of carbonyl (C=O) groups is 4. The number of hydrogen-bond donors (Lipinski definition) is 4. The van der Waals surface area contributed by atoms with E-state index >= 15 is 0 Å². The highest BCUT2D eigenvalue weighted by Gasteiger charge is 2.56. The summed E-state index contributed by atoms with van der Waals surface area (Å²) in [5.41, 5.74) is 6.20. The molecule has 2 aromatic heterocycles. The molecule has 0 bridgehead atoms. The van der Waals surface area contributed by atoms with Gasteiger partial charge in [0.2, 0.25) is 5.91 Å². The van der Waals surface area contributed by atoms with Gasteiger partial charge >= 0.3 is 12.2 Å². The topological polar surface area (TPSA) is 184 Å². The molecule has 3 aliphatic rings. The quantitative estimate of drug-likeness (QED) is 0.0998. The number of H-pyrrole nitrogens is 2. The molecule has 2 saturated heterocycles. The fourth-order valence-electron chi connectivity index (χ4n) is 10.3. The van der Waals surface area contributed by atoms with Crippen molar-refractivity contribution in [2.75, 3.05) is 34.5 Å². The van der Waals surface area contributed by atoms with Crippen molar-refractivity contribution in [3.05, 3.63) is 108 Å². The number of aromatic amines is 2. The van der Waals surface area contributed by atoms with Gasteiger partial charge in [0.25, 0.3) is 5.91 Å². The minimum atomic E-state index is -0.943. The molecule has 2 aliphatic heterocycles. The Kier molecular flexibility index (Phi) is 10.9. The van der Waals surface area contributed by atoms with E-state index in [-0.39, 0.29) is 41.8 Å². The van der Waals surface area contributed by atoms with Gasteiger partial charge in [-0.15, -0.1) is 0 Å². The van der Waals surface area contributed by atoms with E-state index in [4.69, 9.17) is 24.2 Å². The van der Waals surface area contributed by atoms with E-state index in [1.54, 1.807) is 12.0 Å². The molecule has 15 heteroatoms. The van der Waals surface area contributed by atoms with Crippen LogP contribution in [0.1, 0.15) is 68.4 Å². The van der Waals surface area contributed by atoms with Gasteiger partial charge in [-0.3, -0.25) is 9.59 Å². The van der Waals surface area contributed by atoms with Crippen molar-refractivity contribution in [3.63, 3.8) is 0 Å². The van der Waals surface area contributed by atoms with Crippen LogP contribution in [-0.2, 0) is 23.8 Å². The van der Waals surface area contributed by atoms with Gasteiger partial charge in [-0.25, -0.2) is 19.6 Å². The van der Waals surface area contributed by atoms with Crippen molar-refractivity contribution >= 4 is 67.6 Å². The Morgan fingerprint density at radius 1 is 0.708 bits per heavy atom. The number of piperidine rings is 1. The maximum Gasteiger partial charge on any atom is 0.407 e. The van der Waals surface area contributed by atoms with Crippen LogP contribution in [0.3, 0.4) is 0 Å². The monoisotopic (exact) mass is 876 g/mol. The second-order valence-electron chi connectivity index (χ2n) is 18.0. The highest BCUT2D eigenvalue weighted by molar-refractivity contribution is 6.07. The molecule has 3 fully saturated rings. The van der Waals surface area contributed by atoms with Crippen LogP contribution in [0.15, 0.2) is 91.0 Å². The molecule has 334 valence electrons. The third kappa shape index (κ3) is 7.66. The molecule has 7 aromatic rings. The Balaban J connectivity index is 0.926. The van der Waals surface area contributed by atoms with Gasteiger partial charge in [0.05, 0.1) is 55.0 Å². The van der Waals surface area contributed by atoms with Crippen LogP contribution in [0.5, 0.6) is 0 Å². The SMILES string of the molecule is COC[C@H]1C[C@@H](c2nc3c(ccc4cc(-c5ccc6c(ccc7[nH]c([C@@H]8CC9C[C@H]9N8C(=O)[C@@H](NC(=O)OC)C(C)C)nc76)c5)ccc43)[nH]2)N(C(=O)[C@H](NC(=O)OC)c2ccccc2)C1. The van der Waals surface area contributed by atoms with Gasteiger partial charge in [-0.2, -0.15) is 0 Å². The Hall–Kier alpha value is -7.00. The van der Waals surface area contributed by atoms with E-state index in [9.17, 15) is 19.2 Å². The van der Waals surface area contributed by atoms with E-state index < -0.39 is 24.3 Å². The summed E-state index contributed by atoms with van der Waals surface area (Å²) < 4.78 is 15.3. The van der Waals surface area contributed by atoms with E-state index in [0.29, 0.717) is 36.9 Å². The number of alkyl carbamates (subject to hydrolysis) is 2. The van der Waals surface area contributed by atoms with Crippen molar-refractivity contribution in [1.82, 2.24) is 40.4 Å². The molecular formula is C50H52N8O7. The summed E-state index contributed by atoms with van der Waals surface area (Å²) in [6.07, 6.45) is 1.13. The number of fused-ring (bicyclic) bond motifs is 7. The lowest BCUT2D eigenvalue weighted by Crippen LogP contribution is -2.52. The molecule has 4 heterocycles.